The highest BCUT2D eigenvalue weighted by Crippen LogP contribution is 2.19. The smallest absolute Gasteiger partial charge is 0.326 e. The number of carbonyl (C=O) groups excluding carboxylic acids is 2. The highest BCUT2D eigenvalue weighted by molar-refractivity contribution is 6.39. The van der Waals surface area contributed by atoms with E-state index < -0.39 is 24.7 Å². The first kappa shape index (κ1) is 14.5. The second-order valence-corrected chi connectivity index (χ2v) is 4.24. The van der Waals surface area contributed by atoms with Crippen LogP contribution in [0.3, 0.4) is 0 Å². The van der Waals surface area contributed by atoms with Gasteiger partial charge >= 0.3 is 6.18 Å². The van der Waals surface area contributed by atoms with Crippen molar-refractivity contribution < 1.29 is 22.8 Å². The van der Waals surface area contributed by atoms with Gasteiger partial charge in [-0.1, -0.05) is 0 Å². The van der Waals surface area contributed by atoms with E-state index in [-0.39, 0.29) is 24.5 Å². The number of halogens is 3. The summed E-state index contributed by atoms with van der Waals surface area (Å²) >= 11 is 0. The fraction of sp³-hybridized carbons (Fsp3) is 0.700. The fourth-order valence-electron chi connectivity index (χ4n) is 1.48. The number of nitrogens with zero attached hydrogens (tertiary/aromatic N) is 2. The molecular formula is C10H14F3N3O2. The first-order valence-corrected chi connectivity index (χ1v) is 5.44. The first-order chi connectivity index (χ1) is 8.20. The van der Waals surface area contributed by atoms with Gasteiger partial charge in [0.1, 0.15) is 12.3 Å². The Hall–Kier alpha value is -1.60. The average Bonchev–Trinajstić information content (AvgIpc) is 2.24. The summed E-state index contributed by atoms with van der Waals surface area (Å²) in [7, 11) is 0. The molecule has 0 bridgehead atoms. The van der Waals surface area contributed by atoms with Crippen molar-refractivity contribution in [2.24, 2.45) is 5.10 Å². The normalized spacial score (nSPS) is 16.3. The summed E-state index contributed by atoms with van der Waals surface area (Å²) in [6.45, 7) is 1.66. The molecule has 102 valence electrons. The van der Waals surface area contributed by atoms with Gasteiger partial charge in [0.15, 0.2) is 0 Å². The molecule has 0 unspecified atom stereocenters. The van der Waals surface area contributed by atoms with Crippen molar-refractivity contribution in [1.82, 2.24) is 10.3 Å². The Bertz CT molecular complexity index is 377. The minimum atomic E-state index is -4.46. The Kier molecular flexibility index (Phi) is 4.31. The molecular weight excluding hydrogens is 251 g/mol. The van der Waals surface area contributed by atoms with E-state index >= 15 is 0 Å². The van der Waals surface area contributed by atoms with E-state index in [1.807, 2.05) is 0 Å². The maximum Gasteiger partial charge on any atom is 0.406 e. The molecule has 0 radical (unpaired) electrons. The highest BCUT2D eigenvalue weighted by atomic mass is 19.4. The summed E-state index contributed by atoms with van der Waals surface area (Å²) in [5.41, 5.74) is 2.04. The monoisotopic (exact) mass is 265 g/mol. The molecule has 0 aliphatic carbocycles. The second kappa shape index (κ2) is 5.36. The first-order valence-electron chi connectivity index (χ1n) is 5.44. The number of rotatable bonds is 3. The van der Waals surface area contributed by atoms with E-state index in [1.165, 1.54) is 13.8 Å². The molecule has 1 N–H and O–H groups in total. The summed E-state index contributed by atoms with van der Waals surface area (Å²) < 4.78 is 37.1. The number of nitrogens with one attached hydrogen (secondary N) is 1. The molecule has 0 atom stereocenters. The molecule has 0 aromatic heterocycles. The van der Waals surface area contributed by atoms with Crippen molar-refractivity contribution in [3.63, 3.8) is 0 Å². The van der Waals surface area contributed by atoms with Crippen LogP contribution in [0.15, 0.2) is 5.10 Å². The van der Waals surface area contributed by atoms with Crippen LogP contribution in [0.5, 0.6) is 0 Å². The van der Waals surface area contributed by atoms with E-state index in [1.54, 1.807) is 0 Å². The minimum Gasteiger partial charge on any atom is -0.326 e. The van der Waals surface area contributed by atoms with Gasteiger partial charge in [0.25, 0.3) is 5.91 Å². The lowest BCUT2D eigenvalue weighted by Gasteiger charge is -2.28. The van der Waals surface area contributed by atoms with Crippen LogP contribution < -0.4 is 5.43 Å². The maximum atomic E-state index is 12.4. The predicted molar refractivity (Wildman–Crippen MR) is 57.7 cm³/mol. The number of hydrogen-bond acceptors (Lipinski definition) is 3. The van der Waals surface area contributed by atoms with Crippen molar-refractivity contribution in [3.8, 4) is 0 Å². The molecule has 1 aliphatic heterocycles. The van der Waals surface area contributed by atoms with Gasteiger partial charge in [-0.15, -0.1) is 0 Å². The van der Waals surface area contributed by atoms with Crippen molar-refractivity contribution >= 4 is 17.5 Å². The fourth-order valence-corrected chi connectivity index (χ4v) is 1.48. The third-order valence-electron chi connectivity index (χ3n) is 2.39. The number of hydrogen-bond donors (Lipinski definition) is 1. The zero-order valence-electron chi connectivity index (χ0n) is 10.0. The molecule has 0 aromatic carbocycles. The molecule has 5 nitrogen and oxygen atoms in total. The zero-order valence-corrected chi connectivity index (χ0v) is 10.0. The highest BCUT2D eigenvalue weighted by Gasteiger charge is 2.36. The van der Waals surface area contributed by atoms with Gasteiger partial charge in [0, 0.05) is 18.9 Å². The van der Waals surface area contributed by atoms with Gasteiger partial charge in [-0.3, -0.25) is 9.59 Å². The Balaban J connectivity index is 2.80. The van der Waals surface area contributed by atoms with Crippen molar-refractivity contribution in [3.05, 3.63) is 0 Å². The molecule has 8 heteroatoms. The summed E-state index contributed by atoms with van der Waals surface area (Å²) in [6.07, 6.45) is -4.34. The number of hydrazone groups is 1. The van der Waals surface area contributed by atoms with E-state index in [0.29, 0.717) is 4.90 Å². The van der Waals surface area contributed by atoms with Gasteiger partial charge in [0.05, 0.1) is 0 Å². The zero-order chi connectivity index (χ0) is 13.9. The molecule has 1 aliphatic rings. The molecule has 2 amide bonds. The average molecular weight is 265 g/mol. The van der Waals surface area contributed by atoms with Crippen LogP contribution in [0.25, 0.3) is 0 Å². The Morgan fingerprint density at radius 1 is 1.44 bits per heavy atom. The minimum absolute atomic E-state index is 0.0486. The molecule has 0 aromatic rings. The van der Waals surface area contributed by atoms with E-state index in [2.05, 4.69) is 10.5 Å². The van der Waals surface area contributed by atoms with Gasteiger partial charge in [0.2, 0.25) is 5.91 Å². The standard InChI is InChI=1S/C10H14F3N3O2/c1-6(2)16(5-10(11,12)13)9(18)7-3-4-8(17)15-14-7/h6H,3-5H2,1-2H3,(H,15,17). The van der Waals surface area contributed by atoms with Crippen molar-refractivity contribution in [2.45, 2.75) is 38.9 Å². The number of amides is 2. The Labute approximate surface area is 102 Å². The van der Waals surface area contributed by atoms with Crippen LogP contribution in [0.4, 0.5) is 13.2 Å². The van der Waals surface area contributed by atoms with E-state index in [0.717, 1.165) is 0 Å². The lowest BCUT2D eigenvalue weighted by atomic mass is 10.1. The summed E-state index contributed by atoms with van der Waals surface area (Å²) in [4.78, 5) is 23.4. The van der Waals surface area contributed by atoms with Crippen LogP contribution in [0, 0.1) is 0 Å². The van der Waals surface area contributed by atoms with Crippen molar-refractivity contribution in [1.29, 1.82) is 0 Å². The number of carbonyl (C=O) groups is 2. The topological polar surface area (TPSA) is 61.8 Å². The summed E-state index contributed by atoms with van der Waals surface area (Å²) in [5.74, 6) is -1.14. The maximum absolute atomic E-state index is 12.4. The molecule has 0 saturated heterocycles. The molecule has 18 heavy (non-hydrogen) atoms. The predicted octanol–water partition coefficient (Wildman–Crippen LogP) is 1.05. The molecule has 1 rings (SSSR count). The van der Waals surface area contributed by atoms with E-state index in [9.17, 15) is 22.8 Å². The van der Waals surface area contributed by atoms with Gasteiger partial charge in [-0.05, 0) is 13.8 Å². The number of alkyl halides is 3. The molecule has 0 spiro atoms. The quantitative estimate of drug-likeness (QED) is 0.829. The van der Waals surface area contributed by atoms with Crippen LogP contribution >= 0.6 is 0 Å². The Morgan fingerprint density at radius 3 is 2.44 bits per heavy atom. The largest absolute Gasteiger partial charge is 0.406 e. The van der Waals surface area contributed by atoms with Gasteiger partial charge in [-0.2, -0.15) is 18.3 Å². The lowest BCUT2D eigenvalue weighted by molar-refractivity contribution is -0.160. The third-order valence-corrected chi connectivity index (χ3v) is 2.39. The SMILES string of the molecule is CC(C)N(CC(F)(F)F)C(=O)C1=NNC(=O)CC1. The Morgan fingerprint density at radius 2 is 2.06 bits per heavy atom. The molecule has 0 saturated carbocycles. The summed E-state index contributed by atoms with van der Waals surface area (Å²) in [6, 6.07) is -0.598. The van der Waals surface area contributed by atoms with Gasteiger partial charge < -0.3 is 4.90 Å². The van der Waals surface area contributed by atoms with Crippen LogP contribution in [-0.4, -0.2) is 41.2 Å². The van der Waals surface area contributed by atoms with Crippen LogP contribution in [0.2, 0.25) is 0 Å². The third kappa shape index (κ3) is 4.01. The summed E-state index contributed by atoms with van der Waals surface area (Å²) in [5, 5.41) is 3.50. The lowest BCUT2D eigenvalue weighted by Crippen LogP contribution is -2.47. The van der Waals surface area contributed by atoms with Crippen LogP contribution in [-0.2, 0) is 9.59 Å². The van der Waals surface area contributed by atoms with Crippen LogP contribution in [0.1, 0.15) is 26.7 Å². The van der Waals surface area contributed by atoms with E-state index in [4.69, 9.17) is 0 Å². The van der Waals surface area contributed by atoms with Gasteiger partial charge in [-0.25, -0.2) is 5.43 Å². The second-order valence-electron chi connectivity index (χ2n) is 4.24. The molecule has 1 heterocycles. The van der Waals surface area contributed by atoms with Crippen molar-refractivity contribution in [2.75, 3.05) is 6.54 Å². The molecule has 0 fully saturated rings.